The van der Waals surface area contributed by atoms with Crippen molar-refractivity contribution in [2.24, 2.45) is 10.4 Å². The van der Waals surface area contributed by atoms with Gasteiger partial charge in [-0.15, -0.1) is 24.0 Å². The second kappa shape index (κ2) is 15.7. The minimum Gasteiger partial charge on any atom is -0.382 e. The van der Waals surface area contributed by atoms with Crippen molar-refractivity contribution in [2.75, 3.05) is 44.7 Å². The van der Waals surface area contributed by atoms with Gasteiger partial charge in [0.25, 0.3) is 0 Å². The molecule has 1 fully saturated rings. The van der Waals surface area contributed by atoms with Crippen molar-refractivity contribution in [3.8, 4) is 0 Å². The molecule has 1 aliphatic rings. The van der Waals surface area contributed by atoms with E-state index in [-0.39, 0.29) is 24.0 Å². The molecule has 1 saturated carbocycles. The number of unbranched alkanes of at least 4 members (excludes halogenated alkanes) is 1. The van der Waals surface area contributed by atoms with Gasteiger partial charge in [0.1, 0.15) is 5.82 Å². The predicted molar refractivity (Wildman–Crippen MR) is 133 cm³/mol. The quantitative estimate of drug-likeness (QED) is 0.156. The average Bonchev–Trinajstić information content (AvgIpc) is 3.19. The zero-order valence-electron chi connectivity index (χ0n) is 18.2. The lowest BCUT2D eigenvalue weighted by molar-refractivity contribution is 0.107. The fourth-order valence-electron chi connectivity index (χ4n) is 3.77. The van der Waals surface area contributed by atoms with Crippen LogP contribution < -0.4 is 16.0 Å². The maximum absolute atomic E-state index is 5.62. The standard InChI is InChI=1S/C22H39N5O.HI/c1-3-23-21(26-17-10-9-16-25-20-11-5-8-15-24-20)27-19-22(12-6-7-13-22)14-18-28-4-2;/h5,8,11,15H,3-4,6-7,9-10,12-14,16-19H2,1-2H3,(H,24,25)(H2,23,26,27);1H. The molecule has 1 aliphatic carbocycles. The number of aromatic nitrogens is 1. The molecule has 0 bridgehead atoms. The fourth-order valence-corrected chi connectivity index (χ4v) is 3.77. The van der Waals surface area contributed by atoms with Crippen LogP contribution in [0.25, 0.3) is 0 Å². The molecule has 29 heavy (non-hydrogen) atoms. The van der Waals surface area contributed by atoms with Gasteiger partial charge in [0.05, 0.1) is 0 Å². The second-order valence-corrected chi connectivity index (χ2v) is 7.62. The molecule has 0 aromatic carbocycles. The highest BCUT2D eigenvalue weighted by atomic mass is 127. The Hall–Kier alpha value is -1.09. The van der Waals surface area contributed by atoms with Crippen molar-refractivity contribution in [1.29, 1.82) is 0 Å². The number of hydrogen-bond acceptors (Lipinski definition) is 4. The first-order valence-electron chi connectivity index (χ1n) is 11.0. The number of nitrogens with zero attached hydrogens (tertiary/aromatic N) is 2. The summed E-state index contributed by atoms with van der Waals surface area (Å²) in [6.45, 7) is 9.51. The van der Waals surface area contributed by atoms with Crippen LogP contribution in [0.3, 0.4) is 0 Å². The Kier molecular flexibility index (Phi) is 14.1. The van der Waals surface area contributed by atoms with Gasteiger partial charge < -0.3 is 20.7 Å². The second-order valence-electron chi connectivity index (χ2n) is 7.62. The topological polar surface area (TPSA) is 70.6 Å². The van der Waals surface area contributed by atoms with Crippen molar-refractivity contribution in [1.82, 2.24) is 15.6 Å². The van der Waals surface area contributed by atoms with Crippen molar-refractivity contribution in [2.45, 2.75) is 58.8 Å². The number of hydrogen-bond donors (Lipinski definition) is 3. The third-order valence-electron chi connectivity index (χ3n) is 5.43. The first-order valence-corrected chi connectivity index (χ1v) is 11.0. The number of anilines is 1. The van der Waals surface area contributed by atoms with E-state index in [0.29, 0.717) is 5.41 Å². The molecule has 0 spiro atoms. The lowest BCUT2D eigenvalue weighted by Gasteiger charge is -2.27. The monoisotopic (exact) mass is 517 g/mol. The van der Waals surface area contributed by atoms with E-state index < -0.39 is 0 Å². The zero-order chi connectivity index (χ0) is 19.9. The third-order valence-corrected chi connectivity index (χ3v) is 5.43. The van der Waals surface area contributed by atoms with Crippen LogP contribution in [0.4, 0.5) is 5.82 Å². The highest BCUT2D eigenvalue weighted by Crippen LogP contribution is 2.41. The first-order chi connectivity index (χ1) is 13.8. The van der Waals surface area contributed by atoms with Gasteiger partial charge in [0, 0.05) is 45.6 Å². The Labute approximate surface area is 194 Å². The minimum atomic E-state index is 0. The number of halogens is 1. The van der Waals surface area contributed by atoms with Gasteiger partial charge in [0.15, 0.2) is 5.96 Å². The Morgan fingerprint density at radius 1 is 1.14 bits per heavy atom. The number of aliphatic imine (C=N–C) groups is 1. The molecule has 1 aromatic rings. The van der Waals surface area contributed by atoms with Crippen molar-refractivity contribution < 1.29 is 4.74 Å². The Bertz CT molecular complexity index is 549. The van der Waals surface area contributed by atoms with Gasteiger partial charge in [-0.1, -0.05) is 18.9 Å². The Morgan fingerprint density at radius 3 is 2.62 bits per heavy atom. The van der Waals surface area contributed by atoms with E-state index in [1.807, 2.05) is 24.4 Å². The van der Waals surface area contributed by atoms with Crippen LogP contribution in [0.5, 0.6) is 0 Å². The number of guanidine groups is 1. The van der Waals surface area contributed by atoms with Gasteiger partial charge in [-0.25, -0.2) is 4.98 Å². The van der Waals surface area contributed by atoms with Gasteiger partial charge in [0.2, 0.25) is 0 Å². The van der Waals surface area contributed by atoms with E-state index in [2.05, 4.69) is 34.8 Å². The molecule has 0 amide bonds. The summed E-state index contributed by atoms with van der Waals surface area (Å²) in [5.74, 6) is 1.89. The molecule has 0 unspecified atom stereocenters. The van der Waals surface area contributed by atoms with E-state index in [0.717, 1.165) is 70.4 Å². The Balaban J connectivity index is 0.00000420. The largest absolute Gasteiger partial charge is 0.382 e. The summed E-state index contributed by atoms with van der Waals surface area (Å²) >= 11 is 0. The van der Waals surface area contributed by atoms with Gasteiger partial charge in [-0.3, -0.25) is 4.99 Å². The third kappa shape index (κ3) is 10.5. The highest BCUT2D eigenvalue weighted by Gasteiger charge is 2.33. The molecular formula is C22H40IN5O. The molecule has 0 atom stereocenters. The van der Waals surface area contributed by atoms with Crippen LogP contribution in [0.2, 0.25) is 0 Å². The molecule has 1 aromatic heterocycles. The molecular weight excluding hydrogens is 477 g/mol. The SMILES string of the molecule is CCNC(=NCC1(CCOCC)CCCC1)NCCCCNc1ccccn1.I. The summed E-state index contributed by atoms with van der Waals surface area (Å²) in [5.41, 5.74) is 0.337. The van der Waals surface area contributed by atoms with Crippen LogP contribution in [0.15, 0.2) is 29.4 Å². The lowest BCUT2D eigenvalue weighted by Crippen LogP contribution is -2.39. The number of rotatable bonds is 13. The summed E-state index contributed by atoms with van der Waals surface area (Å²) in [5, 5.41) is 10.2. The summed E-state index contributed by atoms with van der Waals surface area (Å²) < 4.78 is 5.62. The smallest absolute Gasteiger partial charge is 0.191 e. The average molecular weight is 518 g/mol. The van der Waals surface area contributed by atoms with E-state index in [1.165, 1.54) is 25.7 Å². The summed E-state index contributed by atoms with van der Waals surface area (Å²) in [6.07, 6.45) is 10.4. The summed E-state index contributed by atoms with van der Waals surface area (Å²) in [7, 11) is 0. The number of ether oxygens (including phenoxy) is 1. The molecule has 3 N–H and O–H groups in total. The zero-order valence-corrected chi connectivity index (χ0v) is 20.5. The molecule has 0 aliphatic heterocycles. The van der Waals surface area contributed by atoms with Crippen LogP contribution in [0, 0.1) is 5.41 Å². The molecule has 0 radical (unpaired) electrons. The number of nitrogens with one attached hydrogen (secondary N) is 3. The molecule has 2 rings (SSSR count). The van der Waals surface area contributed by atoms with E-state index in [9.17, 15) is 0 Å². The summed E-state index contributed by atoms with van der Waals surface area (Å²) in [4.78, 5) is 9.20. The van der Waals surface area contributed by atoms with E-state index in [1.54, 1.807) is 0 Å². The van der Waals surface area contributed by atoms with Gasteiger partial charge >= 0.3 is 0 Å². The molecule has 6 nitrogen and oxygen atoms in total. The minimum absolute atomic E-state index is 0. The first kappa shape index (κ1) is 25.9. The molecule has 0 saturated heterocycles. The van der Waals surface area contributed by atoms with Crippen molar-refractivity contribution >= 4 is 35.8 Å². The fraction of sp³-hybridized carbons (Fsp3) is 0.727. The summed E-state index contributed by atoms with van der Waals surface area (Å²) in [6, 6.07) is 5.93. The van der Waals surface area contributed by atoms with E-state index >= 15 is 0 Å². The van der Waals surface area contributed by atoms with Gasteiger partial charge in [-0.05, 0) is 63.5 Å². The lowest BCUT2D eigenvalue weighted by atomic mass is 9.83. The maximum Gasteiger partial charge on any atom is 0.191 e. The van der Waals surface area contributed by atoms with Crippen LogP contribution in [-0.4, -0.2) is 50.3 Å². The Morgan fingerprint density at radius 2 is 1.93 bits per heavy atom. The molecule has 166 valence electrons. The highest BCUT2D eigenvalue weighted by molar-refractivity contribution is 14.0. The van der Waals surface area contributed by atoms with Gasteiger partial charge in [-0.2, -0.15) is 0 Å². The normalized spacial score (nSPS) is 15.6. The van der Waals surface area contributed by atoms with E-state index in [4.69, 9.17) is 9.73 Å². The molecule has 1 heterocycles. The molecule has 7 heteroatoms. The van der Waals surface area contributed by atoms with Crippen LogP contribution in [0.1, 0.15) is 58.8 Å². The number of pyridine rings is 1. The van der Waals surface area contributed by atoms with Crippen LogP contribution in [-0.2, 0) is 4.74 Å². The predicted octanol–water partition coefficient (Wildman–Crippen LogP) is 4.43. The van der Waals surface area contributed by atoms with Crippen molar-refractivity contribution in [3.63, 3.8) is 0 Å². The van der Waals surface area contributed by atoms with Crippen molar-refractivity contribution in [3.05, 3.63) is 24.4 Å². The maximum atomic E-state index is 5.62. The van der Waals surface area contributed by atoms with Crippen LogP contribution >= 0.6 is 24.0 Å².